The molecule has 0 aliphatic rings. The molecule has 0 radical (unpaired) electrons. The van der Waals surface area contributed by atoms with Crippen LogP contribution in [0.5, 0.6) is 0 Å². The van der Waals surface area contributed by atoms with Gasteiger partial charge in [0.25, 0.3) is 5.91 Å². The van der Waals surface area contributed by atoms with Crippen LogP contribution in [0.4, 0.5) is 0 Å². The van der Waals surface area contributed by atoms with Crippen LogP contribution in [0.2, 0.25) is 0 Å². The predicted molar refractivity (Wildman–Crippen MR) is 67.2 cm³/mol. The summed E-state index contributed by atoms with van der Waals surface area (Å²) < 4.78 is 1.86. The Morgan fingerprint density at radius 1 is 1.47 bits per heavy atom. The van der Waals surface area contributed by atoms with Crippen molar-refractivity contribution in [2.24, 2.45) is 0 Å². The number of aromatic amines is 1. The van der Waals surface area contributed by atoms with Crippen molar-refractivity contribution in [2.45, 2.75) is 39.8 Å². The molecule has 8 heteroatoms. The second-order valence-electron chi connectivity index (χ2n) is 4.07. The molecule has 0 unspecified atom stereocenters. The lowest BCUT2D eigenvalue weighted by Crippen LogP contribution is -2.25. The van der Waals surface area contributed by atoms with E-state index in [-0.39, 0.29) is 11.7 Å². The highest BCUT2D eigenvalue weighted by Gasteiger charge is 2.13. The molecule has 0 saturated heterocycles. The third-order valence-corrected chi connectivity index (χ3v) is 2.67. The van der Waals surface area contributed by atoms with Gasteiger partial charge in [0, 0.05) is 13.0 Å². The van der Waals surface area contributed by atoms with Crippen LogP contribution in [0, 0.1) is 0 Å². The molecule has 2 aromatic rings. The van der Waals surface area contributed by atoms with Gasteiger partial charge in [-0.15, -0.1) is 15.3 Å². The minimum atomic E-state index is -0.316. The summed E-state index contributed by atoms with van der Waals surface area (Å²) in [6.45, 7) is 5.10. The first kappa shape index (κ1) is 13.2. The Hall–Kier alpha value is -2.25. The minimum absolute atomic E-state index is 0.158. The molecule has 2 aromatic heterocycles. The van der Waals surface area contributed by atoms with E-state index in [1.165, 1.54) is 0 Å². The molecule has 8 nitrogen and oxygen atoms in total. The molecule has 2 N–H and O–H groups in total. The monoisotopic (exact) mass is 263 g/mol. The quantitative estimate of drug-likeness (QED) is 0.780. The number of hydrogen-bond acceptors (Lipinski definition) is 5. The average molecular weight is 263 g/mol. The van der Waals surface area contributed by atoms with Gasteiger partial charge in [-0.05, 0) is 13.3 Å². The summed E-state index contributed by atoms with van der Waals surface area (Å²) in [7, 11) is 0. The van der Waals surface area contributed by atoms with Gasteiger partial charge in [-0.2, -0.15) is 0 Å². The van der Waals surface area contributed by atoms with E-state index in [0.29, 0.717) is 12.4 Å². The van der Waals surface area contributed by atoms with Crippen LogP contribution in [-0.4, -0.2) is 35.9 Å². The molecule has 0 fully saturated rings. The molecule has 0 bridgehead atoms. The molecular weight excluding hydrogens is 246 g/mol. The first-order valence-electron chi connectivity index (χ1n) is 6.30. The zero-order valence-corrected chi connectivity index (χ0v) is 11.1. The van der Waals surface area contributed by atoms with Crippen LogP contribution >= 0.6 is 0 Å². The van der Waals surface area contributed by atoms with Crippen molar-refractivity contribution in [2.75, 3.05) is 0 Å². The summed E-state index contributed by atoms with van der Waals surface area (Å²) in [4.78, 5) is 16.0. The maximum atomic E-state index is 11.8. The van der Waals surface area contributed by atoms with Gasteiger partial charge in [0.2, 0.25) is 5.82 Å². The van der Waals surface area contributed by atoms with Gasteiger partial charge in [0.15, 0.2) is 5.82 Å². The third-order valence-electron chi connectivity index (χ3n) is 2.67. The molecule has 0 aliphatic heterocycles. The number of hydrogen-bond donors (Lipinski definition) is 2. The number of carbonyl (C=O) groups is 1. The highest BCUT2D eigenvalue weighted by atomic mass is 16.2. The Balaban J connectivity index is 1.93. The Morgan fingerprint density at radius 2 is 2.32 bits per heavy atom. The fourth-order valence-corrected chi connectivity index (χ4v) is 1.66. The zero-order valence-electron chi connectivity index (χ0n) is 11.1. The van der Waals surface area contributed by atoms with Crippen molar-refractivity contribution in [3.63, 3.8) is 0 Å². The van der Waals surface area contributed by atoms with Crippen molar-refractivity contribution < 1.29 is 4.79 Å². The minimum Gasteiger partial charge on any atom is -0.342 e. The van der Waals surface area contributed by atoms with Crippen molar-refractivity contribution >= 4 is 5.91 Å². The molecule has 1 amide bonds. The molecule has 0 atom stereocenters. The van der Waals surface area contributed by atoms with Gasteiger partial charge in [-0.1, -0.05) is 6.92 Å². The topological polar surface area (TPSA) is 101 Å². The Kier molecular flexibility index (Phi) is 4.22. The third kappa shape index (κ3) is 3.15. The summed E-state index contributed by atoms with van der Waals surface area (Å²) in [5.41, 5.74) is 0. The number of carbonyl (C=O) groups excluding carboxylic acids is 1. The molecule has 2 heterocycles. The standard InChI is InChI=1S/C11H17N7O/c1-3-5-8-14-10(17-15-8)11(19)12-6-9-16-13-7-18(9)4-2/h7H,3-6H2,1-2H3,(H,12,19)(H,14,15,17). The van der Waals surface area contributed by atoms with Crippen LogP contribution in [0.3, 0.4) is 0 Å². The highest BCUT2D eigenvalue weighted by molar-refractivity contribution is 5.90. The number of nitrogens with zero attached hydrogens (tertiary/aromatic N) is 5. The van der Waals surface area contributed by atoms with Crippen molar-refractivity contribution in [3.8, 4) is 0 Å². The Bertz CT molecular complexity index is 545. The van der Waals surface area contributed by atoms with Gasteiger partial charge < -0.3 is 9.88 Å². The molecule has 0 saturated carbocycles. The molecule has 2 rings (SSSR count). The second kappa shape index (κ2) is 6.07. The van der Waals surface area contributed by atoms with Gasteiger partial charge in [0.05, 0.1) is 6.54 Å². The molecular formula is C11H17N7O. The smallest absolute Gasteiger partial charge is 0.291 e. The van der Waals surface area contributed by atoms with E-state index in [4.69, 9.17) is 0 Å². The first-order chi connectivity index (χ1) is 9.24. The SMILES string of the molecule is CCCc1nc(C(=O)NCc2nncn2CC)n[nH]1. The maximum absolute atomic E-state index is 11.8. The van der Waals surface area contributed by atoms with Crippen LogP contribution in [0.15, 0.2) is 6.33 Å². The van der Waals surface area contributed by atoms with E-state index < -0.39 is 0 Å². The van der Waals surface area contributed by atoms with Gasteiger partial charge in [-0.25, -0.2) is 4.98 Å². The van der Waals surface area contributed by atoms with E-state index in [1.54, 1.807) is 6.33 Å². The van der Waals surface area contributed by atoms with Gasteiger partial charge in [0.1, 0.15) is 12.2 Å². The fraction of sp³-hybridized carbons (Fsp3) is 0.545. The van der Waals surface area contributed by atoms with E-state index >= 15 is 0 Å². The van der Waals surface area contributed by atoms with E-state index in [0.717, 1.165) is 25.2 Å². The maximum Gasteiger partial charge on any atom is 0.291 e. The summed E-state index contributed by atoms with van der Waals surface area (Å²) in [5.74, 6) is 1.28. The summed E-state index contributed by atoms with van der Waals surface area (Å²) in [5, 5.41) is 17.1. The molecule has 0 aliphatic carbocycles. The zero-order chi connectivity index (χ0) is 13.7. The predicted octanol–water partition coefficient (Wildman–Crippen LogP) is 0.299. The molecule has 0 aromatic carbocycles. The van der Waals surface area contributed by atoms with Crippen molar-refractivity contribution in [3.05, 3.63) is 23.8 Å². The number of H-pyrrole nitrogens is 1. The van der Waals surface area contributed by atoms with Gasteiger partial charge >= 0.3 is 0 Å². The largest absolute Gasteiger partial charge is 0.342 e. The van der Waals surface area contributed by atoms with Crippen molar-refractivity contribution in [1.82, 2.24) is 35.3 Å². The van der Waals surface area contributed by atoms with Gasteiger partial charge in [-0.3, -0.25) is 9.89 Å². The fourth-order valence-electron chi connectivity index (χ4n) is 1.66. The lowest BCUT2D eigenvalue weighted by Gasteiger charge is -2.03. The van der Waals surface area contributed by atoms with Crippen molar-refractivity contribution in [1.29, 1.82) is 0 Å². The van der Waals surface area contributed by atoms with Crippen LogP contribution in [0.25, 0.3) is 0 Å². The number of rotatable bonds is 6. The summed E-state index contributed by atoms with van der Waals surface area (Å²) in [6, 6.07) is 0. The molecule has 0 spiro atoms. The van der Waals surface area contributed by atoms with E-state index in [2.05, 4.69) is 30.7 Å². The second-order valence-corrected chi connectivity index (χ2v) is 4.07. The lowest BCUT2D eigenvalue weighted by atomic mass is 10.3. The average Bonchev–Trinajstić information content (AvgIpc) is 3.04. The number of aryl methyl sites for hydroxylation is 2. The van der Waals surface area contributed by atoms with Crippen LogP contribution in [0.1, 0.15) is 42.5 Å². The van der Waals surface area contributed by atoms with E-state index in [1.807, 2.05) is 18.4 Å². The highest BCUT2D eigenvalue weighted by Crippen LogP contribution is 1.98. The number of amides is 1. The lowest BCUT2D eigenvalue weighted by molar-refractivity contribution is 0.0939. The Labute approximate surface area is 110 Å². The summed E-state index contributed by atoms with van der Waals surface area (Å²) in [6.07, 6.45) is 3.37. The van der Waals surface area contributed by atoms with Crippen LogP contribution in [-0.2, 0) is 19.5 Å². The number of aromatic nitrogens is 6. The van der Waals surface area contributed by atoms with Crippen LogP contribution < -0.4 is 5.32 Å². The molecule has 102 valence electrons. The van der Waals surface area contributed by atoms with E-state index in [9.17, 15) is 4.79 Å². The molecule has 19 heavy (non-hydrogen) atoms. The number of nitrogens with one attached hydrogen (secondary N) is 2. The Morgan fingerprint density at radius 3 is 3.05 bits per heavy atom. The first-order valence-corrected chi connectivity index (χ1v) is 6.30. The summed E-state index contributed by atoms with van der Waals surface area (Å²) >= 11 is 0. The normalized spacial score (nSPS) is 10.6.